The van der Waals surface area contributed by atoms with E-state index < -0.39 is 0 Å². The van der Waals surface area contributed by atoms with Crippen molar-refractivity contribution >= 4 is 70.2 Å². The van der Waals surface area contributed by atoms with E-state index in [-0.39, 0.29) is 0 Å². The molecule has 1 heterocycles. The van der Waals surface area contributed by atoms with Crippen molar-refractivity contribution in [2.24, 2.45) is 0 Å². The molecule has 2 heteroatoms. The molecule has 0 saturated heterocycles. The van der Waals surface area contributed by atoms with Gasteiger partial charge in [0.2, 0.25) is 0 Å². The van der Waals surface area contributed by atoms with Crippen molar-refractivity contribution in [3.63, 3.8) is 0 Å². The summed E-state index contributed by atoms with van der Waals surface area (Å²) in [5.74, 6) is 0. The number of fused-ring (bicyclic) bond motifs is 7. The van der Waals surface area contributed by atoms with E-state index in [1.165, 1.54) is 54.4 Å². The average Bonchev–Trinajstić information content (AvgIpc) is 3.38. The lowest BCUT2D eigenvalue weighted by atomic mass is 9.89. The summed E-state index contributed by atoms with van der Waals surface area (Å²) in [5.41, 5.74) is 6.56. The lowest BCUT2D eigenvalue weighted by Crippen LogP contribution is -1.89. The van der Waals surface area contributed by atoms with Crippen LogP contribution in [0, 0.1) is 0 Å². The summed E-state index contributed by atoms with van der Waals surface area (Å²) in [6, 6.07) is 45.4. The van der Waals surface area contributed by atoms with Gasteiger partial charge in [0.05, 0.1) is 0 Å². The molecule has 178 valence electrons. The minimum Gasteiger partial charge on any atom is -0.455 e. The molecule has 0 amide bonds. The highest BCUT2D eigenvalue weighted by Gasteiger charge is 2.20. The van der Waals surface area contributed by atoms with Crippen molar-refractivity contribution in [3.05, 3.63) is 132 Å². The van der Waals surface area contributed by atoms with Crippen molar-refractivity contribution in [1.82, 2.24) is 0 Å². The Morgan fingerprint density at radius 3 is 2.05 bits per heavy atom. The Morgan fingerprint density at radius 1 is 0.474 bits per heavy atom. The van der Waals surface area contributed by atoms with Gasteiger partial charge in [0.25, 0.3) is 0 Å². The van der Waals surface area contributed by atoms with Gasteiger partial charge in [-0.1, -0.05) is 115 Å². The second-order valence-corrected chi connectivity index (χ2v) is 10.6. The lowest BCUT2D eigenvalue weighted by molar-refractivity contribution is 0.670. The Morgan fingerprint density at radius 2 is 1.18 bits per heavy atom. The maximum atomic E-state index is 6.68. The molecule has 0 aliphatic carbocycles. The fraction of sp³-hybridized carbons (Fsp3) is 0. The first-order valence-corrected chi connectivity index (χ1v) is 13.6. The second kappa shape index (κ2) is 8.31. The topological polar surface area (TPSA) is 13.1 Å². The first-order chi connectivity index (χ1) is 18.8. The fourth-order valence-corrected chi connectivity index (χ4v) is 6.68. The Kier molecular flexibility index (Phi) is 4.74. The molecule has 0 fully saturated rings. The number of furan rings is 1. The van der Waals surface area contributed by atoms with Gasteiger partial charge < -0.3 is 4.42 Å². The van der Waals surface area contributed by atoms with E-state index in [0.717, 1.165) is 26.6 Å². The number of halogens is 1. The van der Waals surface area contributed by atoms with Crippen LogP contribution in [0.25, 0.3) is 76.5 Å². The third kappa shape index (κ3) is 3.11. The number of hydrogen-bond acceptors (Lipinski definition) is 1. The summed E-state index contributed by atoms with van der Waals surface area (Å²) in [6.45, 7) is 0. The van der Waals surface area contributed by atoms with Crippen LogP contribution in [0.2, 0.25) is 0 Å². The molecule has 1 aromatic heterocycles. The van der Waals surface area contributed by atoms with Crippen LogP contribution in [-0.4, -0.2) is 0 Å². The van der Waals surface area contributed by atoms with E-state index in [9.17, 15) is 0 Å². The van der Waals surface area contributed by atoms with Crippen LogP contribution in [0.4, 0.5) is 0 Å². The minimum atomic E-state index is 0.918. The lowest BCUT2D eigenvalue weighted by Gasteiger charge is -2.16. The van der Waals surface area contributed by atoms with Gasteiger partial charge in [-0.3, -0.25) is 0 Å². The summed E-state index contributed by atoms with van der Waals surface area (Å²) < 4.78 is 7.80. The van der Waals surface area contributed by atoms with Gasteiger partial charge in [0.15, 0.2) is 0 Å². The average molecular weight is 549 g/mol. The monoisotopic (exact) mass is 548 g/mol. The van der Waals surface area contributed by atoms with Crippen LogP contribution >= 0.6 is 15.9 Å². The molecule has 7 aromatic carbocycles. The van der Waals surface area contributed by atoms with E-state index in [1.807, 2.05) is 0 Å². The molecule has 0 N–H and O–H groups in total. The van der Waals surface area contributed by atoms with Crippen molar-refractivity contribution in [2.75, 3.05) is 0 Å². The Bertz CT molecular complexity index is 2190. The number of para-hydroxylation sites is 1. The molecular weight excluding hydrogens is 528 g/mol. The molecule has 0 atom stereocenters. The van der Waals surface area contributed by atoms with Gasteiger partial charge >= 0.3 is 0 Å². The van der Waals surface area contributed by atoms with Crippen molar-refractivity contribution in [1.29, 1.82) is 0 Å². The zero-order chi connectivity index (χ0) is 25.2. The Balaban J connectivity index is 1.54. The van der Waals surface area contributed by atoms with E-state index in [1.54, 1.807) is 0 Å². The fourth-order valence-electron chi connectivity index (χ4n) is 5.99. The molecule has 0 spiro atoms. The van der Waals surface area contributed by atoms with E-state index in [4.69, 9.17) is 4.42 Å². The van der Waals surface area contributed by atoms with Crippen molar-refractivity contribution in [3.8, 4) is 22.3 Å². The van der Waals surface area contributed by atoms with Crippen LogP contribution in [-0.2, 0) is 0 Å². The molecule has 0 unspecified atom stereocenters. The van der Waals surface area contributed by atoms with Crippen LogP contribution in [0.1, 0.15) is 0 Å². The summed E-state index contributed by atoms with van der Waals surface area (Å²) in [4.78, 5) is 0. The van der Waals surface area contributed by atoms with E-state index in [0.29, 0.717) is 0 Å². The molecule has 0 aliphatic rings. The smallest absolute Gasteiger partial charge is 0.143 e. The van der Waals surface area contributed by atoms with Crippen LogP contribution in [0.3, 0.4) is 0 Å². The third-order valence-corrected chi connectivity index (χ3v) is 8.58. The highest BCUT2D eigenvalue weighted by Crippen LogP contribution is 2.46. The standard InChI is InChI=1S/C36H21BrO/c37-35-27-14-7-6-13-26(27)33(31-21-24(17-19-28(31)35)22-9-2-1-3-10-22)29-15-8-16-30-34-25-12-5-4-11-23(25)18-20-32(34)38-36(29)30/h1-21H. The molecule has 0 saturated carbocycles. The van der Waals surface area contributed by atoms with Crippen molar-refractivity contribution < 1.29 is 4.42 Å². The molecule has 8 aromatic rings. The molecular formula is C36H21BrO. The minimum absolute atomic E-state index is 0.918. The summed E-state index contributed by atoms with van der Waals surface area (Å²) in [5, 5.41) is 9.56. The predicted molar refractivity (Wildman–Crippen MR) is 165 cm³/mol. The van der Waals surface area contributed by atoms with Crippen LogP contribution < -0.4 is 0 Å². The first-order valence-electron chi connectivity index (χ1n) is 12.8. The van der Waals surface area contributed by atoms with Gasteiger partial charge in [-0.25, -0.2) is 0 Å². The van der Waals surface area contributed by atoms with Gasteiger partial charge in [0, 0.05) is 26.4 Å². The maximum Gasteiger partial charge on any atom is 0.143 e. The quantitative estimate of drug-likeness (QED) is 0.196. The zero-order valence-electron chi connectivity index (χ0n) is 20.4. The van der Waals surface area contributed by atoms with E-state index >= 15 is 0 Å². The van der Waals surface area contributed by atoms with Gasteiger partial charge in [-0.15, -0.1) is 0 Å². The molecule has 1 nitrogen and oxygen atoms in total. The van der Waals surface area contributed by atoms with Gasteiger partial charge in [-0.2, -0.15) is 0 Å². The molecule has 8 rings (SSSR count). The Labute approximate surface area is 228 Å². The zero-order valence-corrected chi connectivity index (χ0v) is 22.0. The van der Waals surface area contributed by atoms with Gasteiger partial charge in [0.1, 0.15) is 11.2 Å². The largest absolute Gasteiger partial charge is 0.455 e. The highest BCUT2D eigenvalue weighted by molar-refractivity contribution is 9.10. The SMILES string of the molecule is Brc1c2ccccc2c(-c2cccc3c2oc2ccc4ccccc4c23)c2cc(-c3ccccc3)ccc12. The third-order valence-electron chi connectivity index (χ3n) is 7.72. The summed E-state index contributed by atoms with van der Waals surface area (Å²) >= 11 is 3.95. The van der Waals surface area contributed by atoms with Crippen LogP contribution in [0.15, 0.2) is 136 Å². The maximum absolute atomic E-state index is 6.68. The van der Waals surface area contributed by atoms with Crippen LogP contribution in [0.5, 0.6) is 0 Å². The second-order valence-electron chi connectivity index (χ2n) is 9.81. The predicted octanol–water partition coefficient (Wildman–Crippen LogP) is 11.1. The van der Waals surface area contributed by atoms with E-state index in [2.05, 4.69) is 143 Å². The number of benzene rings is 7. The first kappa shape index (κ1) is 21.7. The summed E-state index contributed by atoms with van der Waals surface area (Å²) in [7, 11) is 0. The molecule has 0 bridgehead atoms. The Hall–Kier alpha value is -4.40. The molecule has 0 aliphatic heterocycles. The van der Waals surface area contributed by atoms with Crippen molar-refractivity contribution in [2.45, 2.75) is 0 Å². The molecule has 38 heavy (non-hydrogen) atoms. The number of rotatable bonds is 2. The highest BCUT2D eigenvalue weighted by atomic mass is 79.9. The molecule has 0 radical (unpaired) electrons. The summed E-state index contributed by atoms with van der Waals surface area (Å²) in [6.07, 6.45) is 0. The number of hydrogen-bond donors (Lipinski definition) is 0. The van der Waals surface area contributed by atoms with Gasteiger partial charge in [-0.05, 0) is 71.5 Å². The normalized spacial score (nSPS) is 11.8.